The number of carbonyl (C=O) groups excluding carboxylic acids is 1. The normalized spacial score (nSPS) is 16.2. The minimum absolute atomic E-state index is 0.0170. The lowest BCUT2D eigenvalue weighted by molar-refractivity contribution is -0.133. The van der Waals surface area contributed by atoms with Crippen LogP contribution in [0.4, 0.5) is 0 Å². The molecule has 0 bridgehead atoms. The molecule has 0 radical (unpaired) electrons. The molecule has 1 aliphatic rings. The first-order valence-electron chi connectivity index (χ1n) is 6.31. The molecule has 1 aliphatic carbocycles. The van der Waals surface area contributed by atoms with Gasteiger partial charge in [-0.1, -0.05) is 18.2 Å². The maximum Gasteiger partial charge on any atom is 0.239 e. The Bertz CT molecular complexity index is 428. The van der Waals surface area contributed by atoms with Crippen molar-refractivity contribution in [3.8, 4) is 5.75 Å². The molecular formula is C14H20N2O2. The molecule has 0 spiro atoms. The molecule has 4 heteroatoms. The van der Waals surface area contributed by atoms with Gasteiger partial charge in [-0.05, 0) is 25.8 Å². The van der Waals surface area contributed by atoms with Crippen molar-refractivity contribution < 1.29 is 9.53 Å². The van der Waals surface area contributed by atoms with E-state index in [0.29, 0.717) is 12.6 Å². The number of ether oxygens (including phenoxy) is 1. The third-order valence-corrected chi connectivity index (χ3v) is 3.19. The zero-order chi connectivity index (χ0) is 13.1. The van der Waals surface area contributed by atoms with Gasteiger partial charge in [-0.25, -0.2) is 0 Å². The highest BCUT2D eigenvalue weighted by atomic mass is 16.5. The number of para-hydroxylation sites is 1. The molecule has 0 saturated heterocycles. The summed E-state index contributed by atoms with van der Waals surface area (Å²) in [4.78, 5) is 14.0. The number of carbonyl (C=O) groups is 1. The largest absolute Gasteiger partial charge is 0.496 e. The molecule has 0 unspecified atom stereocenters. The summed E-state index contributed by atoms with van der Waals surface area (Å²) in [5.41, 5.74) is 6.73. The highest BCUT2D eigenvalue weighted by molar-refractivity contribution is 5.81. The van der Waals surface area contributed by atoms with Gasteiger partial charge in [-0.2, -0.15) is 0 Å². The van der Waals surface area contributed by atoms with Crippen molar-refractivity contribution in [2.75, 3.05) is 7.11 Å². The molecule has 1 saturated carbocycles. The van der Waals surface area contributed by atoms with E-state index in [9.17, 15) is 4.79 Å². The summed E-state index contributed by atoms with van der Waals surface area (Å²) in [6.45, 7) is 2.31. The summed E-state index contributed by atoms with van der Waals surface area (Å²) in [5, 5.41) is 0. The van der Waals surface area contributed by atoms with E-state index in [0.717, 1.165) is 24.2 Å². The number of nitrogens with two attached hydrogens (primary N) is 1. The van der Waals surface area contributed by atoms with Crippen LogP contribution in [-0.2, 0) is 11.3 Å². The minimum atomic E-state index is -0.444. The number of nitrogens with zero attached hydrogens (tertiary/aromatic N) is 1. The highest BCUT2D eigenvalue weighted by Gasteiger charge is 2.34. The molecule has 0 aromatic heterocycles. The second-order valence-corrected chi connectivity index (χ2v) is 4.80. The molecule has 98 valence electrons. The van der Waals surface area contributed by atoms with Gasteiger partial charge in [0.25, 0.3) is 0 Å². The minimum Gasteiger partial charge on any atom is -0.496 e. The number of hydrogen-bond donors (Lipinski definition) is 1. The van der Waals surface area contributed by atoms with Crippen LogP contribution in [0.15, 0.2) is 24.3 Å². The average molecular weight is 248 g/mol. The van der Waals surface area contributed by atoms with Gasteiger partial charge < -0.3 is 15.4 Å². The summed E-state index contributed by atoms with van der Waals surface area (Å²) < 4.78 is 5.32. The molecule has 1 amide bonds. The topological polar surface area (TPSA) is 55.6 Å². The monoisotopic (exact) mass is 248 g/mol. The van der Waals surface area contributed by atoms with E-state index in [2.05, 4.69) is 0 Å². The first-order chi connectivity index (χ1) is 8.63. The number of rotatable bonds is 5. The van der Waals surface area contributed by atoms with Crippen LogP contribution in [0.1, 0.15) is 25.3 Å². The van der Waals surface area contributed by atoms with Crippen LogP contribution in [0.5, 0.6) is 5.75 Å². The number of hydrogen-bond acceptors (Lipinski definition) is 3. The Hall–Kier alpha value is -1.55. The zero-order valence-corrected chi connectivity index (χ0v) is 10.9. The van der Waals surface area contributed by atoms with Crippen LogP contribution in [0.2, 0.25) is 0 Å². The fraction of sp³-hybridized carbons (Fsp3) is 0.500. The Morgan fingerprint density at radius 2 is 2.17 bits per heavy atom. The van der Waals surface area contributed by atoms with Crippen LogP contribution in [-0.4, -0.2) is 30.0 Å². The summed E-state index contributed by atoms with van der Waals surface area (Å²) in [7, 11) is 1.65. The quantitative estimate of drug-likeness (QED) is 0.859. The van der Waals surface area contributed by atoms with E-state index in [4.69, 9.17) is 10.5 Å². The summed E-state index contributed by atoms with van der Waals surface area (Å²) in [5.74, 6) is 0.837. The van der Waals surface area contributed by atoms with E-state index in [1.54, 1.807) is 14.0 Å². The molecule has 1 fully saturated rings. The van der Waals surface area contributed by atoms with Crippen molar-refractivity contribution in [3.63, 3.8) is 0 Å². The Morgan fingerprint density at radius 1 is 1.50 bits per heavy atom. The maximum absolute atomic E-state index is 12.1. The van der Waals surface area contributed by atoms with Gasteiger partial charge in [0.1, 0.15) is 5.75 Å². The Kier molecular flexibility index (Phi) is 3.87. The summed E-state index contributed by atoms with van der Waals surface area (Å²) in [6, 6.07) is 7.70. The van der Waals surface area contributed by atoms with E-state index in [1.807, 2.05) is 29.2 Å². The number of methoxy groups -OCH3 is 1. The van der Waals surface area contributed by atoms with E-state index < -0.39 is 6.04 Å². The first kappa shape index (κ1) is 12.9. The molecule has 1 atom stereocenters. The van der Waals surface area contributed by atoms with Gasteiger partial charge in [-0.3, -0.25) is 4.79 Å². The Labute approximate surface area is 108 Å². The van der Waals surface area contributed by atoms with Crippen molar-refractivity contribution >= 4 is 5.91 Å². The Balaban J connectivity index is 2.16. The van der Waals surface area contributed by atoms with Crippen LogP contribution in [0.25, 0.3) is 0 Å². The van der Waals surface area contributed by atoms with E-state index in [-0.39, 0.29) is 5.91 Å². The lowest BCUT2D eigenvalue weighted by Gasteiger charge is -2.25. The highest BCUT2D eigenvalue weighted by Crippen LogP contribution is 2.30. The lowest BCUT2D eigenvalue weighted by atomic mass is 10.1. The molecule has 4 nitrogen and oxygen atoms in total. The van der Waals surface area contributed by atoms with Crippen LogP contribution >= 0.6 is 0 Å². The van der Waals surface area contributed by atoms with Crippen LogP contribution < -0.4 is 10.5 Å². The van der Waals surface area contributed by atoms with E-state index in [1.165, 1.54) is 0 Å². The van der Waals surface area contributed by atoms with Gasteiger partial charge in [-0.15, -0.1) is 0 Å². The fourth-order valence-electron chi connectivity index (χ4n) is 2.05. The standard InChI is InChI=1S/C14H20N2O2/c1-10(15)14(17)16(12-7-8-12)9-11-5-3-4-6-13(11)18-2/h3-6,10,12H,7-9,15H2,1-2H3/t10-/m0/s1. The van der Waals surface area contributed by atoms with Crippen molar-refractivity contribution in [2.24, 2.45) is 5.73 Å². The van der Waals surface area contributed by atoms with Gasteiger partial charge >= 0.3 is 0 Å². The van der Waals surface area contributed by atoms with E-state index >= 15 is 0 Å². The summed E-state index contributed by atoms with van der Waals surface area (Å²) in [6.07, 6.45) is 2.15. The third kappa shape index (κ3) is 2.82. The smallest absolute Gasteiger partial charge is 0.239 e. The number of amides is 1. The van der Waals surface area contributed by atoms with Gasteiger partial charge in [0.2, 0.25) is 5.91 Å². The second kappa shape index (κ2) is 5.40. The Morgan fingerprint density at radius 3 is 2.72 bits per heavy atom. The van der Waals surface area contributed by atoms with Crippen molar-refractivity contribution in [1.29, 1.82) is 0 Å². The molecule has 0 aliphatic heterocycles. The first-order valence-corrected chi connectivity index (χ1v) is 6.31. The fourth-order valence-corrected chi connectivity index (χ4v) is 2.05. The van der Waals surface area contributed by atoms with Crippen LogP contribution in [0.3, 0.4) is 0 Å². The molecule has 0 heterocycles. The van der Waals surface area contributed by atoms with Crippen LogP contribution in [0, 0.1) is 0 Å². The van der Waals surface area contributed by atoms with Gasteiger partial charge in [0.15, 0.2) is 0 Å². The molecule has 2 rings (SSSR count). The SMILES string of the molecule is COc1ccccc1CN(C(=O)[C@H](C)N)C1CC1. The van der Waals surface area contributed by atoms with Gasteiger partial charge in [0.05, 0.1) is 13.2 Å². The molecule has 2 N–H and O–H groups in total. The third-order valence-electron chi connectivity index (χ3n) is 3.19. The van der Waals surface area contributed by atoms with Crippen molar-refractivity contribution in [2.45, 2.75) is 38.4 Å². The molecule has 18 heavy (non-hydrogen) atoms. The maximum atomic E-state index is 12.1. The second-order valence-electron chi connectivity index (χ2n) is 4.80. The predicted molar refractivity (Wildman–Crippen MR) is 70.2 cm³/mol. The van der Waals surface area contributed by atoms with Gasteiger partial charge in [0, 0.05) is 18.2 Å². The lowest BCUT2D eigenvalue weighted by Crippen LogP contribution is -2.42. The number of benzene rings is 1. The molecule has 1 aromatic carbocycles. The molecule has 1 aromatic rings. The zero-order valence-electron chi connectivity index (χ0n) is 10.9. The summed E-state index contributed by atoms with van der Waals surface area (Å²) >= 11 is 0. The molecular weight excluding hydrogens is 228 g/mol. The average Bonchev–Trinajstić information content (AvgIpc) is 3.19. The van der Waals surface area contributed by atoms with Crippen molar-refractivity contribution in [3.05, 3.63) is 29.8 Å². The van der Waals surface area contributed by atoms with Crippen molar-refractivity contribution in [1.82, 2.24) is 4.90 Å². The predicted octanol–water partition coefficient (Wildman–Crippen LogP) is 1.53.